The van der Waals surface area contributed by atoms with Crippen molar-refractivity contribution >= 4 is 35.2 Å². The Kier molecular flexibility index (Phi) is 7.11. The van der Waals surface area contributed by atoms with E-state index in [1.54, 1.807) is 0 Å². The SMILES string of the molecule is COc1cc(N2CCN(C(C=O)n3nc(C(F)(F)F)c(Cl)c3C)C(C(F)(F)F)C2)ccc1Cl. The molecule has 1 saturated heterocycles. The van der Waals surface area contributed by atoms with Gasteiger partial charge in [-0.15, -0.1) is 0 Å². The lowest BCUT2D eigenvalue weighted by Gasteiger charge is -2.45. The van der Waals surface area contributed by atoms with Crippen molar-refractivity contribution in [2.45, 2.75) is 31.5 Å². The number of carbonyl (C=O) groups excluding carboxylic acids is 1. The highest BCUT2D eigenvalue weighted by atomic mass is 35.5. The summed E-state index contributed by atoms with van der Waals surface area (Å²) >= 11 is 11.7. The van der Waals surface area contributed by atoms with Crippen LogP contribution in [-0.4, -0.2) is 59.9 Å². The van der Waals surface area contributed by atoms with Crippen LogP contribution < -0.4 is 9.64 Å². The molecule has 2 unspecified atom stereocenters. The highest BCUT2D eigenvalue weighted by molar-refractivity contribution is 6.32. The summed E-state index contributed by atoms with van der Waals surface area (Å²) in [5, 5.41) is 2.83. The molecule has 6 nitrogen and oxygen atoms in total. The zero-order valence-electron chi connectivity index (χ0n) is 17.2. The average molecular weight is 519 g/mol. The summed E-state index contributed by atoms with van der Waals surface area (Å²) in [7, 11) is 1.36. The van der Waals surface area contributed by atoms with E-state index in [1.165, 1.54) is 30.2 Å². The molecule has 0 bridgehead atoms. The van der Waals surface area contributed by atoms with Crippen molar-refractivity contribution in [3.8, 4) is 5.75 Å². The van der Waals surface area contributed by atoms with Gasteiger partial charge >= 0.3 is 12.4 Å². The highest BCUT2D eigenvalue weighted by Crippen LogP contribution is 2.39. The number of aldehydes is 1. The molecule has 1 aromatic carbocycles. The molecule has 0 saturated carbocycles. The number of ether oxygens (including phenoxy) is 1. The second-order valence-electron chi connectivity index (χ2n) is 7.30. The maximum Gasteiger partial charge on any atom is 0.436 e. The van der Waals surface area contributed by atoms with Crippen LogP contribution in [-0.2, 0) is 11.0 Å². The molecule has 0 radical (unpaired) electrons. The summed E-state index contributed by atoms with van der Waals surface area (Å²) < 4.78 is 87.3. The molecule has 182 valence electrons. The Balaban J connectivity index is 1.97. The number of benzene rings is 1. The number of halogens is 8. The fraction of sp³-hybridized carbons (Fsp3) is 0.474. The van der Waals surface area contributed by atoms with Crippen LogP contribution in [0.5, 0.6) is 5.75 Å². The van der Waals surface area contributed by atoms with Gasteiger partial charge in [0.2, 0.25) is 0 Å². The van der Waals surface area contributed by atoms with Gasteiger partial charge in [-0.05, 0) is 19.1 Å². The summed E-state index contributed by atoms with van der Waals surface area (Å²) in [5.74, 6) is 0.271. The third-order valence-electron chi connectivity index (χ3n) is 5.36. The standard InChI is InChI=1S/C19H18Cl2F6N4O2/c1-10-16(21)17(19(25,26)27)28-31(10)15(9-32)30-6-5-29(8-14(30)18(22,23)24)11-3-4-12(20)13(7-11)33-2/h3-4,7,9,14-15H,5-6,8H2,1-2H3. The smallest absolute Gasteiger partial charge is 0.436 e. The fourth-order valence-corrected chi connectivity index (χ4v) is 4.12. The van der Waals surface area contributed by atoms with E-state index in [9.17, 15) is 31.1 Å². The molecular formula is C19H18Cl2F6N4O2. The van der Waals surface area contributed by atoms with Crippen LogP contribution in [0, 0.1) is 6.92 Å². The van der Waals surface area contributed by atoms with Crippen molar-refractivity contribution in [3.05, 3.63) is 39.6 Å². The molecule has 14 heteroatoms. The molecule has 33 heavy (non-hydrogen) atoms. The molecule has 1 aliphatic heterocycles. The molecule has 3 rings (SSSR count). The van der Waals surface area contributed by atoms with Crippen LogP contribution in [0.4, 0.5) is 32.0 Å². The van der Waals surface area contributed by atoms with E-state index in [2.05, 4.69) is 5.10 Å². The molecule has 2 aromatic rings. The Labute approximate surface area is 194 Å². The molecule has 0 N–H and O–H groups in total. The number of hydrogen-bond acceptors (Lipinski definition) is 5. The first-order chi connectivity index (χ1) is 15.3. The van der Waals surface area contributed by atoms with Crippen LogP contribution >= 0.6 is 23.2 Å². The first-order valence-corrected chi connectivity index (χ1v) is 10.2. The summed E-state index contributed by atoms with van der Waals surface area (Å²) in [6.45, 7) is 0.317. The Bertz CT molecular complexity index is 1030. The van der Waals surface area contributed by atoms with Crippen molar-refractivity contribution in [2.24, 2.45) is 0 Å². The highest BCUT2D eigenvalue weighted by Gasteiger charge is 2.50. The Hall–Kier alpha value is -2.18. The molecule has 2 atom stereocenters. The van der Waals surface area contributed by atoms with Crippen LogP contribution in [0.3, 0.4) is 0 Å². The zero-order valence-corrected chi connectivity index (χ0v) is 18.7. The number of aromatic nitrogens is 2. The van der Waals surface area contributed by atoms with Gasteiger partial charge in [0.1, 0.15) is 11.8 Å². The molecule has 2 heterocycles. The molecule has 0 amide bonds. The quantitative estimate of drug-likeness (QED) is 0.413. The molecule has 0 aliphatic carbocycles. The van der Waals surface area contributed by atoms with Gasteiger partial charge in [0.05, 0.1) is 22.8 Å². The third-order valence-corrected chi connectivity index (χ3v) is 6.12. The average Bonchev–Trinajstić information content (AvgIpc) is 3.03. The lowest BCUT2D eigenvalue weighted by molar-refractivity contribution is -0.195. The largest absolute Gasteiger partial charge is 0.495 e. The van der Waals surface area contributed by atoms with E-state index >= 15 is 0 Å². The number of nitrogens with zero attached hydrogens (tertiary/aromatic N) is 4. The van der Waals surface area contributed by atoms with Crippen molar-refractivity contribution in [1.82, 2.24) is 14.7 Å². The minimum Gasteiger partial charge on any atom is -0.495 e. The van der Waals surface area contributed by atoms with Gasteiger partial charge in [-0.2, -0.15) is 31.4 Å². The number of rotatable bonds is 5. The minimum absolute atomic E-state index is 0.0435. The van der Waals surface area contributed by atoms with Gasteiger partial charge in [0, 0.05) is 31.4 Å². The Morgan fingerprint density at radius 3 is 2.36 bits per heavy atom. The second kappa shape index (κ2) is 9.22. The number of piperazine rings is 1. The Morgan fingerprint density at radius 1 is 1.18 bits per heavy atom. The van der Waals surface area contributed by atoms with Crippen molar-refractivity contribution in [1.29, 1.82) is 0 Å². The zero-order chi connectivity index (χ0) is 24.7. The van der Waals surface area contributed by atoms with Crippen LogP contribution in [0.2, 0.25) is 10.0 Å². The fourth-order valence-electron chi connectivity index (χ4n) is 3.70. The second-order valence-corrected chi connectivity index (χ2v) is 8.09. The normalized spacial score (nSPS) is 19.0. The van der Waals surface area contributed by atoms with E-state index in [1.807, 2.05) is 0 Å². The van der Waals surface area contributed by atoms with E-state index in [4.69, 9.17) is 27.9 Å². The molecule has 0 spiro atoms. The van der Waals surface area contributed by atoms with E-state index in [-0.39, 0.29) is 35.8 Å². The van der Waals surface area contributed by atoms with Gasteiger partial charge in [0.15, 0.2) is 18.1 Å². The van der Waals surface area contributed by atoms with E-state index < -0.39 is 41.8 Å². The van der Waals surface area contributed by atoms with Gasteiger partial charge in [-0.1, -0.05) is 23.2 Å². The third kappa shape index (κ3) is 5.02. The first kappa shape index (κ1) is 25.4. The summed E-state index contributed by atoms with van der Waals surface area (Å²) in [5.41, 5.74) is -1.33. The maximum atomic E-state index is 14.0. The van der Waals surface area contributed by atoms with Crippen molar-refractivity contribution < 1.29 is 35.9 Å². The topological polar surface area (TPSA) is 50.6 Å². The summed E-state index contributed by atoms with van der Waals surface area (Å²) in [4.78, 5) is 14.0. The van der Waals surface area contributed by atoms with Crippen LogP contribution in [0.25, 0.3) is 0 Å². The molecule has 1 aromatic heterocycles. The lowest BCUT2D eigenvalue weighted by Crippen LogP contribution is -2.61. The number of methoxy groups -OCH3 is 1. The van der Waals surface area contributed by atoms with Gasteiger partial charge in [-0.25, -0.2) is 4.68 Å². The maximum absolute atomic E-state index is 14.0. The molecular weight excluding hydrogens is 501 g/mol. The van der Waals surface area contributed by atoms with E-state index in [0.717, 1.165) is 11.8 Å². The van der Waals surface area contributed by atoms with Crippen molar-refractivity contribution in [2.75, 3.05) is 31.6 Å². The number of hydrogen-bond donors (Lipinski definition) is 0. The number of carbonyl (C=O) groups is 1. The monoisotopic (exact) mass is 518 g/mol. The molecule has 1 aliphatic rings. The Morgan fingerprint density at radius 2 is 1.85 bits per heavy atom. The first-order valence-electron chi connectivity index (χ1n) is 9.47. The van der Waals surface area contributed by atoms with Crippen LogP contribution in [0.15, 0.2) is 18.2 Å². The minimum atomic E-state index is -4.93. The van der Waals surface area contributed by atoms with Crippen molar-refractivity contribution in [3.63, 3.8) is 0 Å². The predicted octanol–water partition coefficient (Wildman–Crippen LogP) is 4.98. The van der Waals surface area contributed by atoms with E-state index in [0.29, 0.717) is 10.4 Å². The van der Waals surface area contributed by atoms with Gasteiger partial charge < -0.3 is 9.64 Å². The summed E-state index contributed by atoms with van der Waals surface area (Å²) in [6.07, 6.45) is -11.4. The number of anilines is 1. The number of alkyl halides is 6. The summed E-state index contributed by atoms with van der Waals surface area (Å²) in [6, 6.07) is 2.31. The van der Waals surface area contributed by atoms with Gasteiger partial charge in [-0.3, -0.25) is 9.69 Å². The predicted molar refractivity (Wildman–Crippen MR) is 109 cm³/mol. The van der Waals surface area contributed by atoms with Gasteiger partial charge in [0.25, 0.3) is 0 Å². The lowest BCUT2D eigenvalue weighted by atomic mass is 10.1. The molecule has 1 fully saturated rings. The van der Waals surface area contributed by atoms with Crippen LogP contribution in [0.1, 0.15) is 17.6 Å².